The Balaban J connectivity index is 2.02. The number of nitrogens with zero attached hydrogens (tertiary/aromatic N) is 1. The van der Waals surface area contributed by atoms with Crippen molar-refractivity contribution in [2.75, 3.05) is 18.0 Å². The van der Waals surface area contributed by atoms with Gasteiger partial charge in [0, 0.05) is 18.8 Å². The van der Waals surface area contributed by atoms with Crippen molar-refractivity contribution in [1.82, 2.24) is 0 Å². The Bertz CT molecular complexity index is 620. The zero-order chi connectivity index (χ0) is 17.9. The van der Waals surface area contributed by atoms with Gasteiger partial charge in [0.15, 0.2) is 0 Å². The van der Waals surface area contributed by atoms with Gasteiger partial charge in [-0.05, 0) is 41.7 Å². The van der Waals surface area contributed by atoms with E-state index in [0.717, 1.165) is 24.2 Å². The van der Waals surface area contributed by atoms with Gasteiger partial charge in [0.05, 0.1) is 6.61 Å². The molecule has 134 valence electrons. The van der Waals surface area contributed by atoms with Gasteiger partial charge in [-0.3, -0.25) is 0 Å². The maximum absolute atomic E-state index is 9.09. The van der Waals surface area contributed by atoms with Crippen molar-refractivity contribution >= 4 is 17.8 Å². The Morgan fingerprint density at radius 2 is 1.24 bits per heavy atom. The van der Waals surface area contributed by atoms with Crippen LogP contribution in [0.5, 0.6) is 0 Å². The molecule has 0 unspecified atom stereocenters. The third kappa shape index (κ3) is 6.39. The van der Waals surface area contributed by atoms with Crippen molar-refractivity contribution in [2.45, 2.75) is 46.1 Å². The number of unbranched alkanes of at least 4 members (excludes halogenated alkanes) is 2. The Labute approximate surface area is 152 Å². The smallest absolute Gasteiger partial charge is 0.0681 e. The number of aliphatic hydroxyl groups excluding tert-OH is 1. The molecule has 0 radical (unpaired) electrons. The zero-order valence-corrected chi connectivity index (χ0v) is 15.6. The molecular formula is C23H31NO. The lowest BCUT2D eigenvalue weighted by atomic mass is 10.1. The number of rotatable bonds is 10. The average molecular weight is 338 g/mol. The first-order valence-electron chi connectivity index (χ1n) is 9.49. The summed E-state index contributed by atoms with van der Waals surface area (Å²) in [6, 6.07) is 16.9. The van der Waals surface area contributed by atoms with Gasteiger partial charge in [0.2, 0.25) is 0 Å². The summed E-state index contributed by atoms with van der Waals surface area (Å²) in [5, 5.41) is 9.09. The topological polar surface area (TPSA) is 23.5 Å². The minimum absolute atomic E-state index is 0.0953. The number of anilines is 1. The molecule has 2 rings (SSSR count). The van der Waals surface area contributed by atoms with Gasteiger partial charge >= 0.3 is 0 Å². The van der Waals surface area contributed by atoms with E-state index < -0.39 is 0 Å². The molecule has 2 aromatic rings. The summed E-state index contributed by atoms with van der Waals surface area (Å²) in [5.74, 6) is 0. The molecule has 0 aliphatic heterocycles. The van der Waals surface area contributed by atoms with Gasteiger partial charge in [-0.2, -0.15) is 0 Å². The molecule has 0 aromatic heterocycles. The van der Waals surface area contributed by atoms with Crippen LogP contribution in [-0.4, -0.2) is 18.2 Å². The van der Waals surface area contributed by atoms with E-state index in [-0.39, 0.29) is 6.61 Å². The van der Waals surface area contributed by atoms with Crippen LogP contribution in [0.4, 0.5) is 5.69 Å². The second-order valence-corrected chi connectivity index (χ2v) is 6.52. The first-order chi connectivity index (χ1) is 12.3. The third-order valence-corrected chi connectivity index (χ3v) is 4.45. The molecule has 0 amide bonds. The molecular weight excluding hydrogens is 306 g/mol. The molecule has 0 saturated heterocycles. The Hall–Kier alpha value is -2.06. The van der Waals surface area contributed by atoms with Crippen molar-refractivity contribution in [3.8, 4) is 0 Å². The van der Waals surface area contributed by atoms with Gasteiger partial charge in [0.25, 0.3) is 0 Å². The highest BCUT2D eigenvalue weighted by molar-refractivity contribution is 5.70. The predicted molar refractivity (Wildman–Crippen MR) is 110 cm³/mol. The second kappa shape index (κ2) is 10.7. The van der Waals surface area contributed by atoms with Crippen LogP contribution in [0.3, 0.4) is 0 Å². The van der Waals surface area contributed by atoms with Crippen LogP contribution in [0.2, 0.25) is 0 Å². The van der Waals surface area contributed by atoms with Crippen LogP contribution >= 0.6 is 0 Å². The SMILES string of the molecule is CCCCN(CCCC)c1ccc(/C=C/c2ccc(CO)cc2)cc1. The number of aliphatic hydroxyl groups is 1. The summed E-state index contributed by atoms with van der Waals surface area (Å²) >= 11 is 0. The first kappa shape index (κ1) is 19.3. The number of benzene rings is 2. The fourth-order valence-electron chi connectivity index (χ4n) is 2.79. The summed E-state index contributed by atoms with van der Waals surface area (Å²) in [4.78, 5) is 2.51. The Morgan fingerprint density at radius 3 is 1.68 bits per heavy atom. The standard InChI is InChI=1S/C23H31NO/c1-3-5-17-24(18-6-4-2)23-15-13-21(14-16-23)8-7-20-9-11-22(19-25)12-10-20/h7-16,25H,3-6,17-19H2,1-2H3/b8-7+. The maximum atomic E-state index is 9.09. The van der Waals surface area contributed by atoms with Crippen molar-refractivity contribution < 1.29 is 5.11 Å². The minimum atomic E-state index is 0.0953. The van der Waals surface area contributed by atoms with Crippen LogP contribution in [-0.2, 0) is 6.61 Å². The number of hydrogen-bond donors (Lipinski definition) is 1. The number of hydrogen-bond acceptors (Lipinski definition) is 2. The van der Waals surface area contributed by atoms with Crippen molar-refractivity contribution in [3.63, 3.8) is 0 Å². The highest BCUT2D eigenvalue weighted by Gasteiger charge is 2.05. The van der Waals surface area contributed by atoms with Gasteiger partial charge in [-0.1, -0.05) is 75.2 Å². The summed E-state index contributed by atoms with van der Waals surface area (Å²) in [6.07, 6.45) is 9.21. The van der Waals surface area contributed by atoms with Crippen LogP contribution in [0, 0.1) is 0 Å². The Kier molecular flexibility index (Phi) is 8.27. The van der Waals surface area contributed by atoms with E-state index in [2.05, 4.69) is 55.2 Å². The zero-order valence-electron chi connectivity index (χ0n) is 15.6. The average Bonchev–Trinajstić information content (AvgIpc) is 2.67. The van der Waals surface area contributed by atoms with Crippen molar-refractivity contribution in [1.29, 1.82) is 0 Å². The van der Waals surface area contributed by atoms with Gasteiger partial charge in [0.1, 0.15) is 0 Å². The lowest BCUT2D eigenvalue weighted by Crippen LogP contribution is -2.25. The summed E-state index contributed by atoms with van der Waals surface area (Å²) in [6.45, 7) is 6.88. The van der Waals surface area contributed by atoms with Crippen molar-refractivity contribution in [2.24, 2.45) is 0 Å². The molecule has 0 aliphatic carbocycles. The summed E-state index contributed by atoms with van der Waals surface area (Å²) in [5.41, 5.74) is 4.63. The van der Waals surface area contributed by atoms with Gasteiger partial charge in [-0.15, -0.1) is 0 Å². The molecule has 2 aromatic carbocycles. The lowest BCUT2D eigenvalue weighted by Gasteiger charge is -2.24. The lowest BCUT2D eigenvalue weighted by molar-refractivity contribution is 0.282. The highest BCUT2D eigenvalue weighted by atomic mass is 16.3. The monoisotopic (exact) mass is 337 g/mol. The van der Waals surface area contributed by atoms with Crippen LogP contribution in [0.15, 0.2) is 48.5 Å². The van der Waals surface area contributed by atoms with Gasteiger partial charge < -0.3 is 10.0 Å². The van der Waals surface area contributed by atoms with E-state index in [0.29, 0.717) is 0 Å². The second-order valence-electron chi connectivity index (χ2n) is 6.52. The summed E-state index contributed by atoms with van der Waals surface area (Å²) in [7, 11) is 0. The molecule has 0 bridgehead atoms. The molecule has 2 nitrogen and oxygen atoms in total. The fraction of sp³-hybridized carbons (Fsp3) is 0.391. The first-order valence-corrected chi connectivity index (χ1v) is 9.49. The maximum Gasteiger partial charge on any atom is 0.0681 e. The largest absolute Gasteiger partial charge is 0.392 e. The predicted octanol–water partition coefficient (Wildman–Crippen LogP) is 5.76. The molecule has 0 atom stereocenters. The Morgan fingerprint density at radius 1 is 0.760 bits per heavy atom. The quantitative estimate of drug-likeness (QED) is 0.557. The minimum Gasteiger partial charge on any atom is -0.392 e. The van der Waals surface area contributed by atoms with Crippen LogP contribution < -0.4 is 4.90 Å². The third-order valence-electron chi connectivity index (χ3n) is 4.45. The van der Waals surface area contributed by atoms with E-state index in [1.807, 2.05) is 24.3 Å². The van der Waals surface area contributed by atoms with E-state index in [1.54, 1.807) is 0 Å². The molecule has 0 fully saturated rings. The van der Waals surface area contributed by atoms with E-state index in [4.69, 9.17) is 5.11 Å². The molecule has 0 heterocycles. The van der Waals surface area contributed by atoms with Gasteiger partial charge in [-0.25, -0.2) is 0 Å². The molecule has 0 saturated carbocycles. The molecule has 2 heteroatoms. The van der Waals surface area contributed by atoms with E-state index in [9.17, 15) is 0 Å². The van der Waals surface area contributed by atoms with Crippen molar-refractivity contribution in [3.05, 3.63) is 65.2 Å². The fourth-order valence-corrected chi connectivity index (χ4v) is 2.79. The molecule has 1 N–H and O–H groups in total. The molecule has 25 heavy (non-hydrogen) atoms. The highest BCUT2D eigenvalue weighted by Crippen LogP contribution is 2.18. The molecule has 0 spiro atoms. The van der Waals surface area contributed by atoms with E-state index in [1.165, 1.54) is 36.9 Å². The summed E-state index contributed by atoms with van der Waals surface area (Å²) < 4.78 is 0. The normalized spacial score (nSPS) is 11.2. The van der Waals surface area contributed by atoms with Crippen LogP contribution in [0.1, 0.15) is 56.2 Å². The van der Waals surface area contributed by atoms with Crippen LogP contribution in [0.25, 0.3) is 12.2 Å². The van der Waals surface area contributed by atoms with E-state index >= 15 is 0 Å². The molecule has 0 aliphatic rings.